The van der Waals surface area contributed by atoms with Crippen molar-refractivity contribution in [3.8, 4) is 0 Å². The monoisotopic (exact) mass is 196 g/mol. The molecule has 0 amide bonds. The maximum Gasteiger partial charge on any atom is 0.144 e. The Morgan fingerprint density at radius 3 is 3.08 bits per heavy atom. The number of aromatic nitrogens is 1. The zero-order valence-corrected chi connectivity index (χ0v) is 8.38. The summed E-state index contributed by atoms with van der Waals surface area (Å²) in [5.41, 5.74) is 0. The molecule has 2 unspecified atom stereocenters. The molecule has 0 bridgehead atoms. The van der Waals surface area contributed by atoms with Crippen LogP contribution >= 0.6 is 11.6 Å². The number of hydrogen-bond acceptors (Lipinski definition) is 2. The molecule has 3 heteroatoms. The van der Waals surface area contributed by atoms with E-state index in [-0.39, 0.29) is 0 Å². The molecule has 1 N–H and O–H groups in total. The first-order valence-corrected chi connectivity index (χ1v) is 4.99. The van der Waals surface area contributed by atoms with Crippen LogP contribution in [-0.2, 0) is 0 Å². The van der Waals surface area contributed by atoms with Crippen LogP contribution in [0.1, 0.15) is 13.3 Å². The molecule has 1 aliphatic carbocycles. The molecule has 1 fully saturated rings. The maximum atomic E-state index is 5.94. The van der Waals surface area contributed by atoms with Crippen molar-refractivity contribution in [3.05, 3.63) is 23.4 Å². The van der Waals surface area contributed by atoms with Gasteiger partial charge >= 0.3 is 0 Å². The number of anilines is 1. The largest absolute Gasteiger partial charge is 0.369 e. The Morgan fingerprint density at radius 1 is 1.69 bits per heavy atom. The smallest absolute Gasteiger partial charge is 0.144 e. The predicted octanol–water partition coefficient (Wildman–Crippen LogP) is 2.80. The van der Waals surface area contributed by atoms with Gasteiger partial charge in [0.2, 0.25) is 0 Å². The van der Waals surface area contributed by atoms with E-state index in [9.17, 15) is 0 Å². The van der Waals surface area contributed by atoms with E-state index in [0.29, 0.717) is 5.02 Å². The second kappa shape index (κ2) is 3.54. The highest BCUT2D eigenvalue weighted by molar-refractivity contribution is 6.32. The number of pyridine rings is 1. The third-order valence-electron chi connectivity index (χ3n) is 2.57. The van der Waals surface area contributed by atoms with Gasteiger partial charge in [-0.15, -0.1) is 0 Å². The predicted molar refractivity (Wildman–Crippen MR) is 55.0 cm³/mol. The van der Waals surface area contributed by atoms with Crippen molar-refractivity contribution < 1.29 is 0 Å². The van der Waals surface area contributed by atoms with Crippen molar-refractivity contribution >= 4 is 17.4 Å². The molecule has 0 aliphatic heterocycles. The number of nitrogens with one attached hydrogen (secondary N) is 1. The van der Waals surface area contributed by atoms with Gasteiger partial charge in [0, 0.05) is 12.7 Å². The number of rotatable bonds is 3. The summed E-state index contributed by atoms with van der Waals surface area (Å²) < 4.78 is 0. The molecule has 0 aromatic carbocycles. The van der Waals surface area contributed by atoms with Gasteiger partial charge in [0.05, 0.1) is 5.02 Å². The van der Waals surface area contributed by atoms with E-state index in [1.165, 1.54) is 6.42 Å². The highest BCUT2D eigenvalue weighted by Crippen LogP contribution is 2.37. The number of nitrogens with zero attached hydrogens (tertiary/aromatic N) is 1. The minimum absolute atomic E-state index is 0.704. The van der Waals surface area contributed by atoms with Crippen LogP contribution in [0.3, 0.4) is 0 Å². The lowest BCUT2D eigenvalue weighted by atomic mass is 10.3. The molecule has 1 aliphatic rings. The zero-order chi connectivity index (χ0) is 9.26. The second-order valence-corrected chi connectivity index (χ2v) is 4.09. The van der Waals surface area contributed by atoms with Gasteiger partial charge in [-0.1, -0.05) is 18.5 Å². The van der Waals surface area contributed by atoms with E-state index in [4.69, 9.17) is 11.6 Å². The van der Waals surface area contributed by atoms with Crippen molar-refractivity contribution in [3.63, 3.8) is 0 Å². The molecule has 1 heterocycles. The molecular weight excluding hydrogens is 184 g/mol. The quantitative estimate of drug-likeness (QED) is 0.804. The summed E-state index contributed by atoms with van der Waals surface area (Å²) in [6.07, 6.45) is 3.09. The summed E-state index contributed by atoms with van der Waals surface area (Å²) in [7, 11) is 0. The molecular formula is C10H13ClN2. The van der Waals surface area contributed by atoms with Crippen LogP contribution in [0, 0.1) is 11.8 Å². The summed E-state index contributed by atoms with van der Waals surface area (Å²) in [6, 6.07) is 3.69. The molecule has 1 aromatic rings. The van der Waals surface area contributed by atoms with Crippen LogP contribution in [0.5, 0.6) is 0 Å². The highest BCUT2D eigenvalue weighted by Gasteiger charge is 2.31. The van der Waals surface area contributed by atoms with Gasteiger partial charge in [0.1, 0.15) is 5.82 Å². The summed E-state index contributed by atoms with van der Waals surface area (Å²) in [5, 5.41) is 3.97. The average Bonchev–Trinajstić information content (AvgIpc) is 2.81. The number of halogens is 1. The Kier molecular flexibility index (Phi) is 2.40. The van der Waals surface area contributed by atoms with E-state index in [1.807, 2.05) is 12.1 Å². The molecule has 1 aromatic heterocycles. The normalized spacial score (nSPS) is 25.7. The minimum atomic E-state index is 0.704. The first-order valence-electron chi connectivity index (χ1n) is 4.62. The van der Waals surface area contributed by atoms with E-state index < -0.39 is 0 Å². The molecule has 2 rings (SSSR count). The molecule has 0 spiro atoms. The highest BCUT2D eigenvalue weighted by atomic mass is 35.5. The summed E-state index contributed by atoms with van der Waals surface area (Å²) >= 11 is 5.94. The van der Waals surface area contributed by atoms with Crippen LogP contribution in [0.2, 0.25) is 5.02 Å². The Bertz CT molecular complexity index is 301. The van der Waals surface area contributed by atoms with Crippen LogP contribution in [-0.4, -0.2) is 11.5 Å². The van der Waals surface area contributed by atoms with E-state index in [2.05, 4.69) is 17.2 Å². The van der Waals surface area contributed by atoms with Crippen molar-refractivity contribution in [2.24, 2.45) is 11.8 Å². The van der Waals surface area contributed by atoms with Gasteiger partial charge in [-0.25, -0.2) is 4.98 Å². The van der Waals surface area contributed by atoms with Crippen LogP contribution in [0.4, 0.5) is 5.82 Å². The lowest BCUT2D eigenvalue weighted by molar-refractivity contribution is 0.784. The Morgan fingerprint density at radius 2 is 2.46 bits per heavy atom. The van der Waals surface area contributed by atoms with E-state index in [0.717, 1.165) is 24.2 Å². The lowest BCUT2D eigenvalue weighted by Gasteiger charge is -2.05. The van der Waals surface area contributed by atoms with Crippen molar-refractivity contribution in [2.75, 3.05) is 11.9 Å². The van der Waals surface area contributed by atoms with Gasteiger partial charge in [0.15, 0.2) is 0 Å². The van der Waals surface area contributed by atoms with Gasteiger partial charge in [-0.2, -0.15) is 0 Å². The first-order chi connectivity index (χ1) is 6.27. The summed E-state index contributed by atoms with van der Waals surface area (Å²) in [6.45, 7) is 3.27. The van der Waals surface area contributed by atoms with Gasteiger partial charge in [-0.3, -0.25) is 0 Å². The molecule has 2 atom stereocenters. The third kappa shape index (κ3) is 2.13. The first kappa shape index (κ1) is 8.82. The molecule has 13 heavy (non-hydrogen) atoms. The number of hydrogen-bond donors (Lipinski definition) is 1. The molecule has 2 nitrogen and oxygen atoms in total. The lowest BCUT2D eigenvalue weighted by Crippen LogP contribution is -2.06. The Hall–Kier alpha value is -0.760. The molecule has 0 saturated heterocycles. The molecule has 1 saturated carbocycles. The van der Waals surface area contributed by atoms with Crippen LogP contribution in [0.15, 0.2) is 18.3 Å². The third-order valence-corrected chi connectivity index (χ3v) is 2.87. The fraction of sp³-hybridized carbons (Fsp3) is 0.500. The molecule has 0 radical (unpaired) electrons. The molecule has 70 valence electrons. The topological polar surface area (TPSA) is 24.9 Å². The second-order valence-electron chi connectivity index (χ2n) is 3.69. The van der Waals surface area contributed by atoms with Gasteiger partial charge in [0.25, 0.3) is 0 Å². The zero-order valence-electron chi connectivity index (χ0n) is 7.63. The average molecular weight is 197 g/mol. The Balaban J connectivity index is 1.90. The maximum absolute atomic E-state index is 5.94. The SMILES string of the molecule is CC1CC1CNc1ncccc1Cl. The fourth-order valence-electron chi connectivity index (χ4n) is 1.43. The summed E-state index contributed by atoms with van der Waals surface area (Å²) in [5.74, 6) is 2.50. The van der Waals surface area contributed by atoms with Crippen LogP contribution < -0.4 is 5.32 Å². The van der Waals surface area contributed by atoms with Crippen molar-refractivity contribution in [1.29, 1.82) is 0 Å². The van der Waals surface area contributed by atoms with Crippen LogP contribution in [0.25, 0.3) is 0 Å². The van der Waals surface area contributed by atoms with Crippen molar-refractivity contribution in [2.45, 2.75) is 13.3 Å². The van der Waals surface area contributed by atoms with Gasteiger partial charge in [-0.05, 0) is 30.4 Å². The minimum Gasteiger partial charge on any atom is -0.369 e. The Labute approximate surface area is 83.3 Å². The van der Waals surface area contributed by atoms with E-state index >= 15 is 0 Å². The van der Waals surface area contributed by atoms with E-state index in [1.54, 1.807) is 6.20 Å². The van der Waals surface area contributed by atoms with Crippen molar-refractivity contribution in [1.82, 2.24) is 4.98 Å². The summed E-state index contributed by atoms with van der Waals surface area (Å²) in [4.78, 5) is 4.16. The van der Waals surface area contributed by atoms with Gasteiger partial charge < -0.3 is 5.32 Å². The fourth-order valence-corrected chi connectivity index (χ4v) is 1.62. The standard InChI is InChI=1S/C10H13ClN2/c1-7-5-8(7)6-13-10-9(11)3-2-4-12-10/h2-4,7-8H,5-6H2,1H3,(H,12,13).